The van der Waals surface area contributed by atoms with Gasteiger partial charge in [-0.05, 0) is 54.7 Å². The number of sulfonamides is 1. The molecule has 26 heavy (non-hydrogen) atoms. The Kier molecular flexibility index (Phi) is 5.72. The van der Waals surface area contributed by atoms with Crippen molar-refractivity contribution in [2.75, 3.05) is 13.1 Å². The van der Waals surface area contributed by atoms with Gasteiger partial charge in [0.05, 0.1) is 10.5 Å². The van der Waals surface area contributed by atoms with Crippen LogP contribution in [0.2, 0.25) is 5.02 Å². The molecule has 4 nitrogen and oxygen atoms in total. The molecular weight excluding hydrogens is 370 g/mol. The summed E-state index contributed by atoms with van der Waals surface area (Å²) in [5.74, 6) is 0. The first-order valence-corrected chi connectivity index (χ1v) is 10.7. The smallest absolute Gasteiger partial charge is 0.243 e. The predicted molar refractivity (Wildman–Crippen MR) is 104 cm³/mol. The third kappa shape index (κ3) is 3.96. The Morgan fingerprint density at radius 1 is 1.04 bits per heavy atom. The lowest BCUT2D eigenvalue weighted by Crippen LogP contribution is -2.45. The van der Waals surface area contributed by atoms with Gasteiger partial charge in [0.2, 0.25) is 10.0 Å². The maximum Gasteiger partial charge on any atom is 0.243 e. The van der Waals surface area contributed by atoms with Crippen molar-refractivity contribution >= 4 is 21.6 Å². The van der Waals surface area contributed by atoms with Gasteiger partial charge in [0.1, 0.15) is 0 Å². The van der Waals surface area contributed by atoms with Crippen LogP contribution >= 0.6 is 11.6 Å². The van der Waals surface area contributed by atoms with Crippen LogP contribution in [0.5, 0.6) is 0 Å². The number of aryl methyl sites for hydroxylation is 1. The second kappa shape index (κ2) is 7.69. The van der Waals surface area contributed by atoms with Crippen LogP contribution in [0.25, 0.3) is 0 Å². The van der Waals surface area contributed by atoms with Crippen LogP contribution in [0, 0.1) is 0 Å². The van der Waals surface area contributed by atoms with Crippen LogP contribution in [0.3, 0.4) is 0 Å². The monoisotopic (exact) mass is 393 g/mol. The minimum absolute atomic E-state index is 0.290. The average Bonchev–Trinajstić information content (AvgIpc) is 2.63. The minimum Gasteiger partial charge on any atom is -0.385 e. The van der Waals surface area contributed by atoms with E-state index in [9.17, 15) is 13.5 Å². The molecule has 0 bridgehead atoms. The Hall–Kier alpha value is -1.40. The topological polar surface area (TPSA) is 57.6 Å². The average molecular weight is 394 g/mol. The predicted octanol–water partition coefficient (Wildman–Crippen LogP) is 3.96. The summed E-state index contributed by atoms with van der Waals surface area (Å²) in [6.07, 6.45) is 2.70. The van der Waals surface area contributed by atoms with E-state index >= 15 is 0 Å². The minimum atomic E-state index is -3.53. The standard InChI is InChI=1S/C20H24ClNO3S/c1-2-3-16-4-10-19(11-5-16)26(24,25)22-14-12-20(23,13-15-22)17-6-8-18(21)9-7-17/h4-11,23H,2-3,12-15H2,1H3. The van der Waals surface area contributed by atoms with Gasteiger partial charge in [0.25, 0.3) is 0 Å². The van der Waals surface area contributed by atoms with E-state index in [1.165, 1.54) is 4.31 Å². The van der Waals surface area contributed by atoms with Crippen molar-refractivity contribution < 1.29 is 13.5 Å². The van der Waals surface area contributed by atoms with E-state index < -0.39 is 15.6 Å². The molecule has 0 aromatic heterocycles. The lowest BCUT2D eigenvalue weighted by molar-refractivity contribution is -0.00961. The zero-order valence-electron chi connectivity index (χ0n) is 14.9. The zero-order chi connectivity index (χ0) is 18.8. The molecule has 0 aliphatic carbocycles. The van der Waals surface area contributed by atoms with Crippen molar-refractivity contribution in [1.82, 2.24) is 4.31 Å². The molecule has 1 heterocycles. The molecule has 1 saturated heterocycles. The SMILES string of the molecule is CCCc1ccc(S(=O)(=O)N2CCC(O)(c3ccc(Cl)cc3)CC2)cc1. The van der Waals surface area contributed by atoms with Crippen LogP contribution in [-0.2, 0) is 22.0 Å². The van der Waals surface area contributed by atoms with E-state index in [-0.39, 0.29) is 13.1 Å². The van der Waals surface area contributed by atoms with Crippen LogP contribution in [0.1, 0.15) is 37.3 Å². The highest BCUT2D eigenvalue weighted by Crippen LogP contribution is 2.35. The number of piperidine rings is 1. The van der Waals surface area contributed by atoms with E-state index in [0.717, 1.165) is 24.0 Å². The van der Waals surface area contributed by atoms with E-state index in [1.54, 1.807) is 36.4 Å². The third-order valence-electron chi connectivity index (χ3n) is 5.03. The molecule has 0 atom stereocenters. The molecule has 0 saturated carbocycles. The summed E-state index contributed by atoms with van der Waals surface area (Å²) in [5.41, 5.74) is 0.909. The zero-order valence-corrected chi connectivity index (χ0v) is 16.4. The summed E-state index contributed by atoms with van der Waals surface area (Å²) in [6.45, 7) is 2.68. The van der Waals surface area contributed by atoms with Crippen molar-refractivity contribution in [1.29, 1.82) is 0 Å². The Morgan fingerprint density at radius 2 is 1.62 bits per heavy atom. The van der Waals surface area contributed by atoms with Gasteiger partial charge in [-0.1, -0.05) is 49.2 Å². The first-order valence-electron chi connectivity index (χ1n) is 8.93. The summed E-state index contributed by atoms with van der Waals surface area (Å²) < 4.78 is 27.2. The molecule has 0 radical (unpaired) electrons. The van der Waals surface area contributed by atoms with Crippen LogP contribution in [-0.4, -0.2) is 30.9 Å². The summed E-state index contributed by atoms with van der Waals surface area (Å²) >= 11 is 5.91. The maximum absolute atomic E-state index is 12.9. The first kappa shape index (κ1) is 19.4. The Labute approximate surface area is 160 Å². The third-order valence-corrected chi connectivity index (χ3v) is 7.20. The van der Waals surface area contributed by atoms with E-state index in [4.69, 9.17) is 11.6 Å². The van der Waals surface area contributed by atoms with Gasteiger partial charge in [-0.3, -0.25) is 0 Å². The van der Waals surface area contributed by atoms with Crippen LogP contribution in [0.15, 0.2) is 53.4 Å². The van der Waals surface area contributed by atoms with Gasteiger partial charge < -0.3 is 5.11 Å². The Balaban J connectivity index is 1.73. The van der Waals surface area contributed by atoms with E-state index in [2.05, 4.69) is 6.92 Å². The number of benzene rings is 2. The molecule has 1 N–H and O–H groups in total. The second-order valence-corrected chi connectivity index (χ2v) is 9.21. The fourth-order valence-electron chi connectivity index (χ4n) is 3.41. The molecule has 2 aromatic carbocycles. The molecule has 1 aliphatic rings. The van der Waals surface area contributed by atoms with E-state index in [1.807, 2.05) is 12.1 Å². The number of rotatable bonds is 5. The number of aliphatic hydroxyl groups is 1. The number of hydrogen-bond donors (Lipinski definition) is 1. The van der Waals surface area contributed by atoms with Crippen molar-refractivity contribution in [3.8, 4) is 0 Å². The molecule has 0 unspecified atom stereocenters. The molecule has 2 aromatic rings. The summed E-state index contributed by atoms with van der Waals surface area (Å²) in [4.78, 5) is 0.314. The molecular formula is C20H24ClNO3S. The highest BCUT2D eigenvalue weighted by Gasteiger charge is 2.38. The number of halogens is 1. The lowest BCUT2D eigenvalue weighted by Gasteiger charge is -2.37. The van der Waals surface area contributed by atoms with Gasteiger partial charge in [-0.15, -0.1) is 0 Å². The fourth-order valence-corrected chi connectivity index (χ4v) is 4.98. The van der Waals surface area contributed by atoms with Gasteiger partial charge in [0.15, 0.2) is 0 Å². The Morgan fingerprint density at radius 3 is 2.15 bits per heavy atom. The number of nitrogens with zero attached hydrogens (tertiary/aromatic N) is 1. The number of hydrogen-bond acceptors (Lipinski definition) is 3. The lowest BCUT2D eigenvalue weighted by atomic mass is 9.85. The molecule has 6 heteroatoms. The van der Waals surface area contributed by atoms with Crippen molar-refractivity contribution in [3.63, 3.8) is 0 Å². The highest BCUT2D eigenvalue weighted by atomic mass is 35.5. The van der Waals surface area contributed by atoms with Gasteiger partial charge >= 0.3 is 0 Å². The highest BCUT2D eigenvalue weighted by molar-refractivity contribution is 7.89. The van der Waals surface area contributed by atoms with Gasteiger partial charge in [0, 0.05) is 18.1 Å². The second-order valence-electron chi connectivity index (χ2n) is 6.84. The van der Waals surface area contributed by atoms with Crippen LogP contribution < -0.4 is 0 Å². The molecule has 0 spiro atoms. The van der Waals surface area contributed by atoms with Gasteiger partial charge in [-0.25, -0.2) is 8.42 Å². The van der Waals surface area contributed by atoms with Crippen molar-refractivity contribution in [3.05, 3.63) is 64.7 Å². The van der Waals surface area contributed by atoms with Gasteiger partial charge in [-0.2, -0.15) is 4.31 Å². The largest absolute Gasteiger partial charge is 0.385 e. The maximum atomic E-state index is 12.9. The van der Waals surface area contributed by atoms with Crippen molar-refractivity contribution in [2.45, 2.75) is 43.1 Å². The first-order chi connectivity index (χ1) is 12.3. The normalized spacial score (nSPS) is 18.0. The molecule has 3 rings (SSSR count). The summed E-state index contributed by atoms with van der Waals surface area (Å²) in [5, 5.41) is 11.5. The van der Waals surface area contributed by atoms with Crippen molar-refractivity contribution in [2.24, 2.45) is 0 Å². The molecule has 0 amide bonds. The summed E-state index contributed by atoms with van der Waals surface area (Å²) in [7, 11) is -3.53. The van der Waals surface area contributed by atoms with Crippen LogP contribution in [0.4, 0.5) is 0 Å². The molecule has 1 aliphatic heterocycles. The molecule has 140 valence electrons. The fraction of sp³-hybridized carbons (Fsp3) is 0.400. The Bertz CT molecular complexity index is 840. The van der Waals surface area contributed by atoms with E-state index in [0.29, 0.717) is 22.8 Å². The quantitative estimate of drug-likeness (QED) is 0.836. The summed E-state index contributed by atoms with van der Waals surface area (Å²) in [6, 6.07) is 14.2. The molecule has 1 fully saturated rings.